The molecular weight excluding hydrogens is 436 g/mol. The van der Waals surface area contributed by atoms with Crippen LogP contribution in [0, 0.1) is 10.1 Å². The molecule has 0 radical (unpaired) electrons. The molecule has 170 valence electrons. The number of nitrogens with one attached hydrogen (secondary N) is 1. The third-order valence-electron chi connectivity index (χ3n) is 4.97. The first kappa shape index (κ1) is 22.4. The summed E-state index contributed by atoms with van der Waals surface area (Å²) in [6.45, 7) is 0. The summed E-state index contributed by atoms with van der Waals surface area (Å²) in [7, 11) is 1.48. The Bertz CT molecular complexity index is 1360. The summed E-state index contributed by atoms with van der Waals surface area (Å²) in [6, 6.07) is 21.5. The molecular formula is C25H20N4O5. The molecule has 0 aliphatic heterocycles. The van der Waals surface area contributed by atoms with Crippen LogP contribution in [0.1, 0.15) is 11.1 Å². The Balaban J connectivity index is 1.40. The summed E-state index contributed by atoms with van der Waals surface area (Å²) in [5.41, 5.74) is 4.01. The Morgan fingerprint density at radius 3 is 2.68 bits per heavy atom. The second-order valence-electron chi connectivity index (χ2n) is 7.23. The highest BCUT2D eigenvalue weighted by Gasteiger charge is 2.10. The first-order chi connectivity index (χ1) is 16.5. The van der Waals surface area contributed by atoms with Gasteiger partial charge in [0, 0.05) is 12.1 Å². The lowest BCUT2D eigenvalue weighted by atomic mass is 10.0. The van der Waals surface area contributed by atoms with Crippen LogP contribution in [0.2, 0.25) is 0 Å². The van der Waals surface area contributed by atoms with E-state index in [9.17, 15) is 14.9 Å². The number of amides is 1. The number of rotatable bonds is 8. The quantitative estimate of drug-likeness (QED) is 0.235. The number of ether oxygens (including phenoxy) is 2. The van der Waals surface area contributed by atoms with E-state index >= 15 is 0 Å². The van der Waals surface area contributed by atoms with Crippen LogP contribution in [-0.2, 0) is 11.2 Å². The number of nitrogens with zero attached hydrogens (tertiary/aromatic N) is 3. The van der Waals surface area contributed by atoms with E-state index in [0.29, 0.717) is 17.1 Å². The van der Waals surface area contributed by atoms with Crippen molar-refractivity contribution < 1.29 is 19.2 Å². The first-order valence-electron chi connectivity index (χ1n) is 10.3. The van der Waals surface area contributed by atoms with Gasteiger partial charge in [0.1, 0.15) is 6.20 Å². The average Bonchev–Trinajstić information content (AvgIpc) is 2.85. The summed E-state index contributed by atoms with van der Waals surface area (Å²) in [4.78, 5) is 26.5. The topological polar surface area (TPSA) is 116 Å². The Morgan fingerprint density at radius 1 is 1.09 bits per heavy atom. The van der Waals surface area contributed by atoms with E-state index in [1.165, 1.54) is 25.5 Å². The number of carbonyl (C=O) groups excluding carboxylic acids is 1. The number of benzene rings is 3. The van der Waals surface area contributed by atoms with Gasteiger partial charge in [0.25, 0.3) is 5.69 Å². The molecule has 0 aliphatic carbocycles. The minimum absolute atomic E-state index is 0.131. The first-order valence-corrected chi connectivity index (χ1v) is 10.3. The van der Waals surface area contributed by atoms with Crippen molar-refractivity contribution in [2.75, 3.05) is 7.11 Å². The van der Waals surface area contributed by atoms with Crippen molar-refractivity contribution in [3.8, 4) is 17.4 Å². The Morgan fingerprint density at radius 2 is 1.91 bits per heavy atom. The van der Waals surface area contributed by atoms with Gasteiger partial charge in [0.15, 0.2) is 11.5 Å². The maximum atomic E-state index is 12.4. The van der Waals surface area contributed by atoms with Gasteiger partial charge >= 0.3 is 0 Å². The van der Waals surface area contributed by atoms with Gasteiger partial charge < -0.3 is 9.47 Å². The van der Waals surface area contributed by atoms with E-state index in [-0.39, 0.29) is 23.9 Å². The molecule has 9 heteroatoms. The monoisotopic (exact) mass is 456 g/mol. The van der Waals surface area contributed by atoms with Crippen LogP contribution < -0.4 is 14.9 Å². The van der Waals surface area contributed by atoms with Crippen LogP contribution in [0.4, 0.5) is 5.69 Å². The predicted molar refractivity (Wildman–Crippen MR) is 127 cm³/mol. The zero-order valence-corrected chi connectivity index (χ0v) is 18.2. The number of hydrazone groups is 1. The molecule has 0 unspecified atom stereocenters. The highest BCUT2D eigenvalue weighted by Crippen LogP contribution is 2.31. The predicted octanol–water partition coefficient (Wildman–Crippen LogP) is 4.64. The Kier molecular flexibility index (Phi) is 6.73. The molecule has 4 rings (SSSR count). The summed E-state index contributed by atoms with van der Waals surface area (Å²) in [5, 5.41) is 16.9. The molecule has 34 heavy (non-hydrogen) atoms. The zero-order valence-electron chi connectivity index (χ0n) is 18.2. The number of pyridine rings is 1. The van der Waals surface area contributed by atoms with Crippen molar-refractivity contribution in [1.82, 2.24) is 10.4 Å². The SMILES string of the molecule is COc1cc(C=NNC(=O)Cc2cccc3ccccc23)ccc1Oc1ccc([N+](=O)[O-])cn1. The van der Waals surface area contributed by atoms with Crippen LogP contribution in [0.25, 0.3) is 10.8 Å². The largest absolute Gasteiger partial charge is 0.493 e. The number of methoxy groups -OCH3 is 1. The van der Waals surface area contributed by atoms with Crippen molar-refractivity contribution in [2.24, 2.45) is 5.10 Å². The fourth-order valence-electron chi connectivity index (χ4n) is 3.34. The van der Waals surface area contributed by atoms with Crippen molar-refractivity contribution in [2.45, 2.75) is 6.42 Å². The summed E-state index contributed by atoms with van der Waals surface area (Å²) in [6.07, 6.45) is 2.82. The molecule has 0 aliphatic rings. The molecule has 0 saturated heterocycles. The molecule has 0 saturated carbocycles. The van der Waals surface area contributed by atoms with E-state index in [0.717, 1.165) is 22.5 Å². The van der Waals surface area contributed by atoms with Gasteiger partial charge in [0.05, 0.1) is 24.7 Å². The number of hydrogen-bond acceptors (Lipinski definition) is 7. The molecule has 9 nitrogen and oxygen atoms in total. The van der Waals surface area contributed by atoms with E-state index in [1.807, 2.05) is 42.5 Å². The average molecular weight is 456 g/mol. The number of fused-ring (bicyclic) bond motifs is 1. The summed E-state index contributed by atoms with van der Waals surface area (Å²) < 4.78 is 11.0. The molecule has 0 bridgehead atoms. The van der Waals surface area contributed by atoms with Crippen LogP contribution >= 0.6 is 0 Å². The van der Waals surface area contributed by atoms with E-state index in [4.69, 9.17) is 9.47 Å². The second-order valence-corrected chi connectivity index (χ2v) is 7.23. The lowest BCUT2D eigenvalue weighted by molar-refractivity contribution is -0.385. The van der Waals surface area contributed by atoms with Crippen molar-refractivity contribution >= 4 is 28.6 Å². The zero-order chi connectivity index (χ0) is 23.9. The Labute approximate surface area is 194 Å². The van der Waals surface area contributed by atoms with Crippen LogP contribution in [-0.4, -0.2) is 29.1 Å². The fraction of sp³-hybridized carbons (Fsp3) is 0.0800. The highest BCUT2D eigenvalue weighted by atomic mass is 16.6. The summed E-state index contributed by atoms with van der Waals surface area (Å²) in [5.74, 6) is 0.738. The molecule has 1 heterocycles. The number of hydrogen-bond donors (Lipinski definition) is 1. The molecule has 1 amide bonds. The van der Waals surface area contributed by atoms with Gasteiger partial charge in [-0.3, -0.25) is 14.9 Å². The van der Waals surface area contributed by atoms with Crippen molar-refractivity contribution in [3.63, 3.8) is 0 Å². The molecule has 1 aromatic heterocycles. The number of carbonyl (C=O) groups is 1. The number of aromatic nitrogens is 1. The lowest BCUT2D eigenvalue weighted by Gasteiger charge is -2.10. The molecule has 0 fully saturated rings. The molecule has 1 N–H and O–H groups in total. The van der Waals surface area contributed by atoms with E-state index in [1.54, 1.807) is 18.2 Å². The smallest absolute Gasteiger partial charge is 0.287 e. The van der Waals surface area contributed by atoms with Crippen molar-refractivity contribution in [3.05, 3.63) is 100 Å². The van der Waals surface area contributed by atoms with Gasteiger partial charge in [-0.05, 0) is 40.1 Å². The third kappa shape index (κ3) is 5.33. The van der Waals surface area contributed by atoms with Gasteiger partial charge in [-0.2, -0.15) is 5.10 Å². The summed E-state index contributed by atoms with van der Waals surface area (Å²) >= 11 is 0. The van der Waals surface area contributed by atoms with Gasteiger partial charge in [0.2, 0.25) is 11.8 Å². The normalized spacial score (nSPS) is 10.9. The molecule has 3 aromatic carbocycles. The van der Waals surface area contributed by atoms with Gasteiger partial charge in [-0.15, -0.1) is 0 Å². The highest BCUT2D eigenvalue weighted by molar-refractivity contribution is 5.90. The number of nitro groups is 1. The van der Waals surface area contributed by atoms with E-state index < -0.39 is 4.92 Å². The second kappa shape index (κ2) is 10.2. The molecule has 0 spiro atoms. The fourth-order valence-corrected chi connectivity index (χ4v) is 3.34. The Hall–Kier alpha value is -4.79. The van der Waals surface area contributed by atoms with Crippen LogP contribution in [0.3, 0.4) is 0 Å². The van der Waals surface area contributed by atoms with Crippen molar-refractivity contribution in [1.29, 1.82) is 0 Å². The van der Waals surface area contributed by atoms with Gasteiger partial charge in [-0.1, -0.05) is 42.5 Å². The maximum Gasteiger partial charge on any atom is 0.287 e. The standard InChI is InChI=1S/C25H20N4O5/c1-33-23-13-17(9-11-22(23)34-25-12-10-20(16-26-25)29(31)32)15-27-28-24(30)14-19-7-4-6-18-5-2-3-8-21(18)19/h2-13,15-16H,14H2,1H3,(H,28,30). The van der Waals surface area contributed by atoms with Crippen LogP contribution in [0.15, 0.2) is 84.1 Å². The maximum absolute atomic E-state index is 12.4. The minimum Gasteiger partial charge on any atom is -0.493 e. The third-order valence-corrected chi connectivity index (χ3v) is 4.97. The van der Waals surface area contributed by atoms with E-state index in [2.05, 4.69) is 15.5 Å². The molecule has 0 atom stereocenters. The molecule has 4 aromatic rings. The lowest BCUT2D eigenvalue weighted by Crippen LogP contribution is -2.19. The van der Waals surface area contributed by atoms with Crippen LogP contribution in [0.5, 0.6) is 17.4 Å². The van der Waals surface area contributed by atoms with Gasteiger partial charge in [-0.25, -0.2) is 10.4 Å². The minimum atomic E-state index is -0.535.